The minimum Gasteiger partial charge on any atom is -0.449 e. The molecule has 0 heterocycles. The molecule has 39 heavy (non-hydrogen) atoms. The van der Waals surface area contributed by atoms with Crippen molar-refractivity contribution >= 4 is 27.9 Å². The quantitative estimate of drug-likeness (QED) is 0.155. The Morgan fingerprint density at radius 3 is 2.13 bits per heavy atom. The van der Waals surface area contributed by atoms with Gasteiger partial charge in [-0.3, -0.25) is 10.1 Å². The van der Waals surface area contributed by atoms with Crippen LogP contribution in [0.2, 0.25) is 0 Å². The minimum absolute atomic E-state index is 0.0468. The zero-order chi connectivity index (χ0) is 28.0. The fourth-order valence-electron chi connectivity index (χ4n) is 4.40. The first kappa shape index (κ1) is 27.7. The Hall–Kier alpha value is -4.29. The molecule has 0 aromatic heterocycles. The molecular formula is C27H27N3O8S. The van der Waals surface area contributed by atoms with E-state index >= 15 is 0 Å². The second kappa shape index (κ2) is 12.0. The highest BCUT2D eigenvalue weighted by Gasteiger charge is 2.29. The molecule has 1 atom stereocenters. The van der Waals surface area contributed by atoms with Crippen molar-refractivity contribution in [1.82, 2.24) is 5.32 Å². The molecule has 3 N–H and O–H groups in total. The van der Waals surface area contributed by atoms with E-state index in [-0.39, 0.29) is 31.2 Å². The van der Waals surface area contributed by atoms with Crippen LogP contribution >= 0.6 is 0 Å². The van der Waals surface area contributed by atoms with Crippen LogP contribution in [0.3, 0.4) is 0 Å². The third-order valence-corrected chi connectivity index (χ3v) is 7.62. The third-order valence-electron chi connectivity index (χ3n) is 6.39. The van der Waals surface area contributed by atoms with E-state index in [9.17, 15) is 28.1 Å². The zero-order valence-corrected chi connectivity index (χ0v) is 21.6. The zero-order valence-electron chi connectivity index (χ0n) is 20.8. The van der Waals surface area contributed by atoms with Gasteiger partial charge in [-0.2, -0.15) is 8.42 Å². The number of ether oxygens (including phenoxy) is 1. The van der Waals surface area contributed by atoms with E-state index in [2.05, 4.69) is 21.6 Å². The van der Waals surface area contributed by atoms with Gasteiger partial charge in [-0.25, -0.2) is 9.59 Å². The lowest BCUT2D eigenvalue weighted by Crippen LogP contribution is -2.34. The third kappa shape index (κ3) is 6.59. The summed E-state index contributed by atoms with van der Waals surface area (Å²) in [6.45, 7) is 0.472. The first-order chi connectivity index (χ1) is 18.7. The van der Waals surface area contributed by atoms with Crippen molar-refractivity contribution in [2.24, 2.45) is 5.73 Å². The highest BCUT2D eigenvalue weighted by atomic mass is 32.2. The van der Waals surface area contributed by atoms with Crippen LogP contribution in [0.5, 0.6) is 0 Å². The van der Waals surface area contributed by atoms with E-state index in [1.807, 2.05) is 36.4 Å². The van der Waals surface area contributed by atoms with Gasteiger partial charge in [0.05, 0.1) is 4.92 Å². The van der Waals surface area contributed by atoms with Crippen LogP contribution in [0.4, 0.5) is 10.5 Å². The van der Waals surface area contributed by atoms with E-state index in [4.69, 9.17) is 10.5 Å². The van der Waals surface area contributed by atoms with Crippen molar-refractivity contribution in [3.63, 3.8) is 0 Å². The maximum Gasteiger partial charge on any atom is 0.407 e. The number of amides is 1. The number of alkyl carbamates (subject to hydrolysis) is 1. The van der Waals surface area contributed by atoms with Gasteiger partial charge in [0.15, 0.2) is 0 Å². The highest BCUT2D eigenvalue weighted by molar-refractivity contribution is 7.87. The summed E-state index contributed by atoms with van der Waals surface area (Å²) in [6, 6.07) is 18.8. The summed E-state index contributed by atoms with van der Waals surface area (Å²) < 4.78 is 34.5. The standard InChI is InChI=1S/C27H27N3O8S/c28-25(26(31)38-39(35,36)19-14-12-18(13-15-19)30(33)34)11-5-6-16-29-27(32)37-17-24-22-9-3-1-7-20(22)21-8-2-4-10-23(21)24/h1-4,7-10,12-15,24-25H,5-6,11,16-17,28H2,(H,29,32)/t25-/m0/s1. The fourth-order valence-corrected chi connectivity index (χ4v) is 5.31. The van der Waals surface area contributed by atoms with Crippen molar-refractivity contribution < 1.29 is 31.9 Å². The van der Waals surface area contributed by atoms with Gasteiger partial charge >= 0.3 is 22.2 Å². The number of rotatable bonds is 11. The Balaban J connectivity index is 1.17. The molecule has 4 rings (SSSR count). The molecule has 0 radical (unpaired) electrons. The molecule has 204 valence electrons. The maximum atomic E-state index is 12.2. The number of non-ortho nitro benzene ring substituents is 1. The van der Waals surface area contributed by atoms with E-state index < -0.39 is 38.0 Å². The summed E-state index contributed by atoms with van der Waals surface area (Å²) in [4.78, 5) is 34.0. The second-order valence-electron chi connectivity index (χ2n) is 8.96. The average Bonchev–Trinajstić information content (AvgIpc) is 3.25. The first-order valence-electron chi connectivity index (χ1n) is 12.2. The van der Waals surface area contributed by atoms with E-state index in [1.54, 1.807) is 0 Å². The maximum absolute atomic E-state index is 12.2. The molecule has 0 spiro atoms. The van der Waals surface area contributed by atoms with Crippen molar-refractivity contribution in [2.75, 3.05) is 13.2 Å². The summed E-state index contributed by atoms with van der Waals surface area (Å²) in [5.41, 5.74) is 9.96. The number of unbranched alkanes of at least 4 members (excludes halogenated alkanes) is 1. The lowest BCUT2D eigenvalue weighted by atomic mass is 9.98. The molecule has 3 aromatic rings. The fraction of sp³-hybridized carbons (Fsp3) is 0.259. The van der Waals surface area contributed by atoms with Gasteiger partial charge in [-0.1, -0.05) is 48.5 Å². The predicted octanol–water partition coefficient (Wildman–Crippen LogP) is 3.86. The Bertz CT molecular complexity index is 1430. The lowest BCUT2D eigenvalue weighted by Gasteiger charge is -2.15. The first-order valence-corrected chi connectivity index (χ1v) is 13.7. The number of fused-ring (bicyclic) bond motifs is 3. The number of carbonyl (C=O) groups is 2. The van der Waals surface area contributed by atoms with Gasteiger partial charge in [-0.05, 0) is 53.6 Å². The number of nitrogens with zero attached hydrogens (tertiary/aromatic N) is 1. The molecule has 1 aliphatic carbocycles. The number of nitro groups is 1. The van der Waals surface area contributed by atoms with Crippen LogP contribution in [-0.2, 0) is 23.8 Å². The van der Waals surface area contributed by atoms with Gasteiger partial charge in [0, 0.05) is 24.6 Å². The van der Waals surface area contributed by atoms with Gasteiger partial charge in [-0.15, -0.1) is 0 Å². The van der Waals surface area contributed by atoms with E-state index in [0.29, 0.717) is 12.8 Å². The largest absolute Gasteiger partial charge is 0.449 e. The van der Waals surface area contributed by atoms with Crippen LogP contribution in [0.15, 0.2) is 77.7 Å². The average molecular weight is 554 g/mol. The topological polar surface area (TPSA) is 168 Å². The summed E-state index contributed by atoms with van der Waals surface area (Å²) in [5.74, 6) is -1.19. The molecule has 1 aliphatic rings. The van der Waals surface area contributed by atoms with Gasteiger partial charge < -0.3 is 20.0 Å². The van der Waals surface area contributed by atoms with Crippen LogP contribution in [-0.4, -0.2) is 44.6 Å². The molecule has 0 unspecified atom stereocenters. The van der Waals surface area contributed by atoms with E-state index in [1.165, 1.54) is 0 Å². The number of carbonyl (C=O) groups excluding carboxylic acids is 2. The molecule has 1 amide bonds. The Morgan fingerprint density at radius 2 is 1.54 bits per heavy atom. The monoisotopic (exact) mass is 553 g/mol. The summed E-state index contributed by atoms with van der Waals surface area (Å²) in [5, 5.41) is 13.4. The van der Waals surface area contributed by atoms with Crippen molar-refractivity contribution in [1.29, 1.82) is 0 Å². The Labute approximate surface area is 225 Å². The normalized spacial score (nSPS) is 13.2. The Kier molecular flexibility index (Phi) is 8.57. The molecular weight excluding hydrogens is 526 g/mol. The molecule has 11 nitrogen and oxygen atoms in total. The van der Waals surface area contributed by atoms with Crippen molar-refractivity contribution in [3.05, 3.63) is 94.0 Å². The number of hydrogen-bond donors (Lipinski definition) is 2. The van der Waals surface area contributed by atoms with Crippen LogP contribution < -0.4 is 11.1 Å². The molecule has 3 aromatic carbocycles. The number of benzene rings is 3. The summed E-state index contributed by atoms with van der Waals surface area (Å²) in [6.07, 6.45) is 0.452. The number of hydrogen-bond acceptors (Lipinski definition) is 9. The lowest BCUT2D eigenvalue weighted by molar-refractivity contribution is -0.384. The molecule has 12 heteroatoms. The Morgan fingerprint density at radius 1 is 0.949 bits per heavy atom. The van der Waals surface area contributed by atoms with Crippen LogP contribution in [0.25, 0.3) is 11.1 Å². The molecule has 0 saturated carbocycles. The summed E-state index contributed by atoms with van der Waals surface area (Å²) >= 11 is 0. The van der Waals surface area contributed by atoms with Crippen LogP contribution in [0, 0.1) is 10.1 Å². The van der Waals surface area contributed by atoms with Gasteiger partial charge in [0.2, 0.25) is 0 Å². The highest BCUT2D eigenvalue weighted by Crippen LogP contribution is 2.44. The second-order valence-corrected chi connectivity index (χ2v) is 10.5. The van der Waals surface area contributed by atoms with Gasteiger partial charge in [0.25, 0.3) is 5.69 Å². The molecule has 0 bridgehead atoms. The SMILES string of the molecule is N[C@@H](CCCCNC(=O)OCC1c2ccccc2-c2ccccc21)C(=O)OS(=O)(=O)c1ccc([N+](=O)[O-])cc1. The van der Waals surface area contributed by atoms with E-state index in [0.717, 1.165) is 46.5 Å². The van der Waals surface area contributed by atoms with Crippen molar-refractivity contribution in [2.45, 2.75) is 36.1 Å². The molecule has 0 saturated heterocycles. The predicted molar refractivity (Wildman–Crippen MR) is 141 cm³/mol. The summed E-state index contributed by atoms with van der Waals surface area (Å²) in [7, 11) is -4.47. The number of nitro benzene ring substituents is 1. The molecule has 0 aliphatic heterocycles. The van der Waals surface area contributed by atoms with Gasteiger partial charge in [0.1, 0.15) is 17.5 Å². The number of nitrogens with one attached hydrogen (secondary N) is 1. The smallest absolute Gasteiger partial charge is 0.407 e. The van der Waals surface area contributed by atoms with Crippen molar-refractivity contribution in [3.8, 4) is 11.1 Å². The number of nitrogens with two attached hydrogens (primary N) is 1. The minimum atomic E-state index is -4.47. The molecule has 0 fully saturated rings. The van der Waals surface area contributed by atoms with Crippen LogP contribution in [0.1, 0.15) is 36.3 Å².